The lowest BCUT2D eigenvalue weighted by atomic mass is 10.1. The van der Waals surface area contributed by atoms with E-state index >= 15 is 0 Å². The minimum atomic E-state index is -0.502. The summed E-state index contributed by atoms with van der Waals surface area (Å²) in [6, 6.07) is 10.3. The number of amides is 1. The van der Waals surface area contributed by atoms with Crippen molar-refractivity contribution in [1.29, 1.82) is 0 Å². The van der Waals surface area contributed by atoms with Crippen LogP contribution < -0.4 is 10.6 Å². The molecule has 0 spiro atoms. The molecule has 0 unspecified atom stereocenters. The zero-order valence-electron chi connectivity index (χ0n) is 12.8. The largest absolute Gasteiger partial charge is 0.383 e. The van der Waals surface area contributed by atoms with Crippen LogP contribution in [0.1, 0.15) is 27.9 Å². The highest BCUT2D eigenvalue weighted by molar-refractivity contribution is 6.05. The van der Waals surface area contributed by atoms with Gasteiger partial charge in [0, 0.05) is 24.4 Å². The van der Waals surface area contributed by atoms with Crippen molar-refractivity contribution in [3.05, 3.63) is 63.2 Å². The number of nitro benzene ring substituents is 1. The first kappa shape index (κ1) is 15.0. The monoisotopic (exact) mass is 311 g/mol. The van der Waals surface area contributed by atoms with E-state index in [9.17, 15) is 14.9 Å². The first-order valence-electron chi connectivity index (χ1n) is 7.48. The molecule has 3 rings (SSSR count). The molecule has 1 aliphatic carbocycles. The summed E-state index contributed by atoms with van der Waals surface area (Å²) in [5.74, 6) is -0.353. The number of nitrogens with zero attached hydrogens (tertiary/aromatic N) is 1. The summed E-state index contributed by atoms with van der Waals surface area (Å²) in [4.78, 5) is 22.9. The van der Waals surface area contributed by atoms with Crippen LogP contribution in [-0.4, -0.2) is 17.9 Å². The van der Waals surface area contributed by atoms with E-state index in [0.29, 0.717) is 5.69 Å². The van der Waals surface area contributed by atoms with Crippen molar-refractivity contribution in [2.24, 2.45) is 0 Å². The zero-order chi connectivity index (χ0) is 16.4. The van der Waals surface area contributed by atoms with Crippen molar-refractivity contribution in [3.63, 3.8) is 0 Å². The quantitative estimate of drug-likeness (QED) is 0.669. The molecule has 23 heavy (non-hydrogen) atoms. The van der Waals surface area contributed by atoms with E-state index in [1.54, 1.807) is 13.1 Å². The first-order chi connectivity index (χ1) is 11.1. The molecular weight excluding hydrogens is 294 g/mol. The molecule has 0 atom stereocenters. The highest BCUT2D eigenvalue weighted by atomic mass is 16.6. The predicted molar refractivity (Wildman–Crippen MR) is 89.1 cm³/mol. The molecule has 1 amide bonds. The number of nitrogens with one attached hydrogen (secondary N) is 2. The van der Waals surface area contributed by atoms with Crippen LogP contribution in [0.4, 0.5) is 17.1 Å². The van der Waals surface area contributed by atoms with Crippen LogP contribution in [0.25, 0.3) is 0 Å². The molecule has 0 aliphatic heterocycles. The van der Waals surface area contributed by atoms with Gasteiger partial charge < -0.3 is 10.6 Å². The first-order valence-corrected chi connectivity index (χ1v) is 7.48. The number of aryl methyl sites for hydroxylation is 2. The fourth-order valence-electron chi connectivity index (χ4n) is 2.89. The fraction of sp³-hybridized carbons (Fsp3) is 0.235. The SMILES string of the molecule is CNc1ccc(C(=O)Nc2ccc3c(c2)CCC3)cc1[N+](=O)[O-]. The van der Waals surface area contributed by atoms with Crippen molar-refractivity contribution >= 4 is 23.0 Å². The molecule has 0 heterocycles. The molecule has 6 heteroatoms. The standard InChI is InChI=1S/C17H17N3O3/c1-18-15-8-6-13(10-16(15)20(22)23)17(21)19-14-7-5-11-3-2-4-12(11)9-14/h5-10,18H,2-4H2,1H3,(H,19,21). The third kappa shape index (κ3) is 3.01. The van der Waals surface area contributed by atoms with Crippen molar-refractivity contribution < 1.29 is 9.72 Å². The molecule has 0 saturated carbocycles. The highest BCUT2D eigenvalue weighted by Crippen LogP contribution is 2.27. The van der Waals surface area contributed by atoms with Gasteiger partial charge in [0.15, 0.2) is 0 Å². The Morgan fingerprint density at radius 3 is 2.65 bits per heavy atom. The molecule has 0 aromatic heterocycles. The minimum absolute atomic E-state index is 0.117. The maximum absolute atomic E-state index is 12.3. The van der Waals surface area contributed by atoms with Crippen LogP contribution in [-0.2, 0) is 12.8 Å². The summed E-state index contributed by atoms with van der Waals surface area (Å²) in [5, 5.41) is 16.6. The molecule has 2 aromatic carbocycles. The average molecular weight is 311 g/mol. The number of rotatable bonds is 4. The third-order valence-electron chi connectivity index (χ3n) is 4.08. The van der Waals surface area contributed by atoms with E-state index in [2.05, 4.69) is 10.6 Å². The van der Waals surface area contributed by atoms with Crippen molar-refractivity contribution in [2.45, 2.75) is 19.3 Å². The summed E-state index contributed by atoms with van der Waals surface area (Å²) < 4.78 is 0. The van der Waals surface area contributed by atoms with E-state index in [-0.39, 0.29) is 17.2 Å². The van der Waals surface area contributed by atoms with Gasteiger partial charge in [0.05, 0.1) is 4.92 Å². The van der Waals surface area contributed by atoms with E-state index in [0.717, 1.165) is 24.9 Å². The highest BCUT2D eigenvalue weighted by Gasteiger charge is 2.17. The Balaban J connectivity index is 1.83. The van der Waals surface area contributed by atoms with Crippen LogP contribution in [0, 0.1) is 10.1 Å². The van der Waals surface area contributed by atoms with E-state index < -0.39 is 4.92 Å². The van der Waals surface area contributed by atoms with Crippen LogP contribution in [0.3, 0.4) is 0 Å². The maximum Gasteiger partial charge on any atom is 0.293 e. The average Bonchev–Trinajstić information content (AvgIpc) is 3.01. The molecule has 2 aromatic rings. The van der Waals surface area contributed by atoms with Gasteiger partial charge in [-0.05, 0) is 54.7 Å². The molecule has 0 saturated heterocycles. The van der Waals surface area contributed by atoms with Gasteiger partial charge in [0.1, 0.15) is 5.69 Å². The Kier molecular flexibility index (Phi) is 3.97. The van der Waals surface area contributed by atoms with Crippen LogP contribution >= 0.6 is 0 Å². The van der Waals surface area contributed by atoms with Crippen molar-refractivity contribution in [3.8, 4) is 0 Å². The molecular formula is C17H17N3O3. The Morgan fingerprint density at radius 1 is 1.13 bits per heavy atom. The smallest absolute Gasteiger partial charge is 0.293 e. The lowest BCUT2D eigenvalue weighted by Gasteiger charge is -2.09. The molecule has 0 bridgehead atoms. The lowest BCUT2D eigenvalue weighted by Crippen LogP contribution is -2.12. The Labute approximate surface area is 133 Å². The number of carbonyl (C=O) groups is 1. The Hall–Kier alpha value is -2.89. The molecule has 6 nitrogen and oxygen atoms in total. The number of nitro groups is 1. The van der Waals surface area contributed by atoms with Crippen molar-refractivity contribution in [1.82, 2.24) is 0 Å². The van der Waals surface area contributed by atoms with Gasteiger partial charge >= 0.3 is 0 Å². The number of benzene rings is 2. The van der Waals surface area contributed by atoms with Gasteiger partial charge in [-0.3, -0.25) is 14.9 Å². The second-order valence-electron chi connectivity index (χ2n) is 5.53. The number of hydrogen-bond donors (Lipinski definition) is 2. The topological polar surface area (TPSA) is 84.3 Å². The van der Waals surface area contributed by atoms with Gasteiger partial charge in [-0.25, -0.2) is 0 Å². The summed E-state index contributed by atoms with van der Waals surface area (Å²) in [6.45, 7) is 0. The van der Waals surface area contributed by atoms with Gasteiger partial charge in [0.25, 0.3) is 11.6 Å². The van der Waals surface area contributed by atoms with Gasteiger partial charge in [-0.15, -0.1) is 0 Å². The minimum Gasteiger partial charge on any atom is -0.383 e. The second-order valence-corrected chi connectivity index (χ2v) is 5.53. The molecule has 0 fully saturated rings. The summed E-state index contributed by atoms with van der Waals surface area (Å²) in [5.41, 5.74) is 3.83. The van der Waals surface area contributed by atoms with Crippen LogP contribution in [0.2, 0.25) is 0 Å². The van der Waals surface area contributed by atoms with E-state index in [4.69, 9.17) is 0 Å². The summed E-state index contributed by atoms with van der Waals surface area (Å²) in [6.07, 6.45) is 3.26. The number of carbonyl (C=O) groups excluding carboxylic acids is 1. The normalized spacial score (nSPS) is 12.6. The van der Waals surface area contributed by atoms with Gasteiger partial charge in [-0.2, -0.15) is 0 Å². The fourth-order valence-corrected chi connectivity index (χ4v) is 2.89. The third-order valence-corrected chi connectivity index (χ3v) is 4.08. The molecule has 2 N–H and O–H groups in total. The van der Waals surface area contributed by atoms with Gasteiger partial charge in [0.2, 0.25) is 0 Å². The number of hydrogen-bond acceptors (Lipinski definition) is 4. The number of fused-ring (bicyclic) bond motifs is 1. The van der Waals surface area contributed by atoms with E-state index in [1.165, 1.54) is 23.3 Å². The number of anilines is 2. The zero-order valence-corrected chi connectivity index (χ0v) is 12.8. The molecule has 118 valence electrons. The Bertz CT molecular complexity index is 787. The van der Waals surface area contributed by atoms with Crippen molar-refractivity contribution in [2.75, 3.05) is 17.7 Å². The van der Waals surface area contributed by atoms with Crippen LogP contribution in [0.15, 0.2) is 36.4 Å². The second kappa shape index (κ2) is 6.08. The predicted octanol–water partition coefficient (Wildman–Crippen LogP) is 3.38. The maximum atomic E-state index is 12.3. The molecule has 1 aliphatic rings. The summed E-state index contributed by atoms with van der Waals surface area (Å²) in [7, 11) is 1.60. The lowest BCUT2D eigenvalue weighted by molar-refractivity contribution is -0.384. The van der Waals surface area contributed by atoms with Gasteiger partial charge in [-0.1, -0.05) is 6.07 Å². The Morgan fingerprint density at radius 2 is 1.91 bits per heavy atom. The summed E-state index contributed by atoms with van der Waals surface area (Å²) >= 11 is 0. The van der Waals surface area contributed by atoms with E-state index in [1.807, 2.05) is 18.2 Å². The van der Waals surface area contributed by atoms with Crippen LogP contribution in [0.5, 0.6) is 0 Å². The molecule has 0 radical (unpaired) electrons.